The third-order valence-electron chi connectivity index (χ3n) is 2.63. The van der Waals surface area contributed by atoms with E-state index in [1.54, 1.807) is 26.3 Å². The molecule has 0 aliphatic rings. The number of anilines is 1. The lowest BCUT2D eigenvalue weighted by Gasteiger charge is -2.17. The number of nitrogens with zero attached hydrogens (tertiary/aromatic N) is 1. The summed E-state index contributed by atoms with van der Waals surface area (Å²) in [6.07, 6.45) is 0. The Kier molecular flexibility index (Phi) is 5.98. The second kappa shape index (κ2) is 7.50. The quantitative estimate of drug-likeness (QED) is 0.706. The number of hydrogen-bond acceptors (Lipinski definition) is 4. The van der Waals surface area contributed by atoms with Gasteiger partial charge in [0.25, 0.3) is 0 Å². The van der Waals surface area contributed by atoms with Gasteiger partial charge < -0.3 is 20.1 Å². The maximum absolute atomic E-state index is 11.8. The summed E-state index contributed by atoms with van der Waals surface area (Å²) >= 11 is 0. The van der Waals surface area contributed by atoms with Gasteiger partial charge in [-0.2, -0.15) is 0 Å². The van der Waals surface area contributed by atoms with Gasteiger partial charge >= 0.3 is 5.97 Å². The molecule has 1 amide bonds. The van der Waals surface area contributed by atoms with Crippen LogP contribution in [0.1, 0.15) is 10.4 Å². The van der Waals surface area contributed by atoms with Gasteiger partial charge in [0.05, 0.1) is 18.7 Å². The molecule has 0 saturated heterocycles. The topological polar surface area (TPSA) is 78.9 Å². The number of carboxylic acids is 1. The molecule has 2 N–H and O–H groups in total. The van der Waals surface area contributed by atoms with Crippen molar-refractivity contribution >= 4 is 17.6 Å². The lowest BCUT2D eigenvalue weighted by Crippen LogP contribution is -2.36. The van der Waals surface area contributed by atoms with Crippen molar-refractivity contribution in [1.82, 2.24) is 5.32 Å². The van der Waals surface area contributed by atoms with Crippen molar-refractivity contribution in [3.63, 3.8) is 0 Å². The van der Waals surface area contributed by atoms with Crippen molar-refractivity contribution in [3.05, 3.63) is 29.8 Å². The number of amides is 1. The molecule has 0 heterocycles. The minimum atomic E-state index is -0.984. The molecule has 1 aromatic carbocycles. The van der Waals surface area contributed by atoms with Crippen molar-refractivity contribution in [2.45, 2.75) is 0 Å². The Balaban J connectivity index is 2.54. The van der Waals surface area contributed by atoms with E-state index in [1.807, 2.05) is 0 Å². The summed E-state index contributed by atoms with van der Waals surface area (Å²) < 4.78 is 4.86. The smallest absolute Gasteiger partial charge is 0.335 e. The number of hydrogen-bond donors (Lipinski definition) is 2. The number of likely N-dealkylation sites (N-methyl/N-ethyl adjacent to an activating group) is 1. The number of methoxy groups -OCH3 is 1. The maximum Gasteiger partial charge on any atom is 0.335 e. The second-order valence-corrected chi connectivity index (χ2v) is 3.97. The van der Waals surface area contributed by atoms with E-state index in [1.165, 1.54) is 17.0 Å². The van der Waals surface area contributed by atoms with Crippen molar-refractivity contribution in [1.29, 1.82) is 0 Å². The molecule has 19 heavy (non-hydrogen) atoms. The molecule has 0 spiro atoms. The van der Waals surface area contributed by atoms with E-state index < -0.39 is 5.97 Å². The van der Waals surface area contributed by atoms with Crippen LogP contribution in [0.3, 0.4) is 0 Å². The maximum atomic E-state index is 11.8. The van der Waals surface area contributed by atoms with Gasteiger partial charge in [-0.15, -0.1) is 0 Å². The first kappa shape index (κ1) is 15.1. The average Bonchev–Trinajstić information content (AvgIpc) is 2.42. The van der Waals surface area contributed by atoms with Gasteiger partial charge in [-0.1, -0.05) is 0 Å². The number of carbonyl (C=O) groups is 2. The highest BCUT2D eigenvalue weighted by molar-refractivity contribution is 5.95. The molecule has 0 aliphatic carbocycles. The van der Waals surface area contributed by atoms with Crippen LogP contribution in [0.25, 0.3) is 0 Å². The molecule has 6 nitrogen and oxygen atoms in total. The molecule has 0 aromatic heterocycles. The SMILES string of the molecule is COCCNCC(=O)N(C)c1ccc(C(=O)O)cc1. The van der Waals surface area contributed by atoms with Crippen LogP contribution < -0.4 is 10.2 Å². The predicted molar refractivity (Wildman–Crippen MR) is 71.6 cm³/mol. The number of benzene rings is 1. The normalized spacial score (nSPS) is 10.2. The van der Waals surface area contributed by atoms with Gasteiger partial charge in [0.15, 0.2) is 0 Å². The van der Waals surface area contributed by atoms with Crippen molar-refractivity contribution < 1.29 is 19.4 Å². The minimum Gasteiger partial charge on any atom is -0.478 e. The summed E-state index contributed by atoms with van der Waals surface area (Å²) in [5.41, 5.74) is 0.853. The lowest BCUT2D eigenvalue weighted by molar-refractivity contribution is -0.117. The first-order chi connectivity index (χ1) is 9.06. The summed E-state index contributed by atoms with van der Waals surface area (Å²) in [5.74, 6) is -1.08. The fourth-order valence-corrected chi connectivity index (χ4v) is 1.46. The number of rotatable bonds is 7. The predicted octanol–water partition coefficient (Wildman–Crippen LogP) is 0.584. The van der Waals surface area contributed by atoms with E-state index in [9.17, 15) is 9.59 Å². The number of nitrogens with one attached hydrogen (secondary N) is 1. The molecular weight excluding hydrogens is 248 g/mol. The molecule has 0 radical (unpaired) electrons. The molecule has 0 unspecified atom stereocenters. The zero-order chi connectivity index (χ0) is 14.3. The van der Waals surface area contributed by atoms with Crippen molar-refractivity contribution in [2.24, 2.45) is 0 Å². The molecule has 0 atom stereocenters. The van der Waals surface area contributed by atoms with Gasteiger partial charge in [0.1, 0.15) is 0 Å². The highest BCUT2D eigenvalue weighted by Gasteiger charge is 2.11. The Bertz CT molecular complexity index is 431. The van der Waals surface area contributed by atoms with E-state index in [2.05, 4.69) is 5.32 Å². The van der Waals surface area contributed by atoms with Gasteiger partial charge in [-0.05, 0) is 24.3 Å². The summed E-state index contributed by atoms with van der Waals surface area (Å²) in [7, 11) is 3.25. The Morgan fingerprint density at radius 2 is 1.95 bits per heavy atom. The number of ether oxygens (including phenoxy) is 1. The molecule has 0 bridgehead atoms. The lowest BCUT2D eigenvalue weighted by atomic mass is 10.2. The van der Waals surface area contributed by atoms with E-state index in [0.29, 0.717) is 18.8 Å². The van der Waals surface area contributed by atoms with Crippen LogP contribution in [-0.4, -0.2) is 50.8 Å². The number of carbonyl (C=O) groups excluding carboxylic acids is 1. The van der Waals surface area contributed by atoms with E-state index in [4.69, 9.17) is 9.84 Å². The molecule has 0 fully saturated rings. The van der Waals surface area contributed by atoms with Crippen LogP contribution in [0.15, 0.2) is 24.3 Å². The zero-order valence-electron chi connectivity index (χ0n) is 11.0. The van der Waals surface area contributed by atoms with E-state index in [-0.39, 0.29) is 18.0 Å². The Morgan fingerprint density at radius 1 is 1.32 bits per heavy atom. The van der Waals surface area contributed by atoms with Gasteiger partial charge in [0.2, 0.25) is 5.91 Å². The second-order valence-electron chi connectivity index (χ2n) is 3.97. The Hall–Kier alpha value is -1.92. The van der Waals surface area contributed by atoms with Gasteiger partial charge in [-0.3, -0.25) is 4.79 Å². The van der Waals surface area contributed by atoms with Crippen LogP contribution in [0.4, 0.5) is 5.69 Å². The van der Waals surface area contributed by atoms with Crippen LogP contribution in [0, 0.1) is 0 Å². The monoisotopic (exact) mass is 266 g/mol. The van der Waals surface area contributed by atoms with Crippen molar-refractivity contribution in [3.8, 4) is 0 Å². The summed E-state index contributed by atoms with van der Waals surface area (Å²) in [6, 6.07) is 6.16. The third kappa shape index (κ3) is 4.69. The third-order valence-corrected chi connectivity index (χ3v) is 2.63. The number of carboxylic acid groups (broad SMARTS) is 1. The van der Waals surface area contributed by atoms with Crippen LogP contribution in [0.5, 0.6) is 0 Å². The first-order valence-electron chi connectivity index (χ1n) is 5.86. The number of aromatic carboxylic acids is 1. The van der Waals surface area contributed by atoms with Gasteiger partial charge in [0, 0.05) is 26.4 Å². The van der Waals surface area contributed by atoms with E-state index in [0.717, 1.165) is 0 Å². The summed E-state index contributed by atoms with van der Waals surface area (Å²) in [6.45, 7) is 1.36. The summed E-state index contributed by atoms with van der Waals surface area (Å²) in [4.78, 5) is 24.0. The van der Waals surface area contributed by atoms with Crippen LogP contribution in [-0.2, 0) is 9.53 Å². The van der Waals surface area contributed by atoms with Gasteiger partial charge in [-0.25, -0.2) is 4.79 Å². The molecular formula is C13H18N2O4. The molecule has 6 heteroatoms. The molecule has 1 aromatic rings. The molecule has 104 valence electrons. The Morgan fingerprint density at radius 3 is 2.47 bits per heavy atom. The fraction of sp³-hybridized carbons (Fsp3) is 0.385. The van der Waals surface area contributed by atoms with Crippen LogP contribution in [0.2, 0.25) is 0 Å². The fourth-order valence-electron chi connectivity index (χ4n) is 1.46. The highest BCUT2D eigenvalue weighted by atomic mass is 16.5. The van der Waals surface area contributed by atoms with Crippen molar-refractivity contribution in [2.75, 3.05) is 38.8 Å². The largest absolute Gasteiger partial charge is 0.478 e. The zero-order valence-corrected chi connectivity index (χ0v) is 11.0. The minimum absolute atomic E-state index is 0.0980. The highest BCUT2D eigenvalue weighted by Crippen LogP contribution is 2.13. The average molecular weight is 266 g/mol. The van der Waals surface area contributed by atoms with E-state index >= 15 is 0 Å². The summed E-state index contributed by atoms with van der Waals surface area (Å²) in [5, 5.41) is 11.7. The first-order valence-corrected chi connectivity index (χ1v) is 5.86. The molecule has 0 aliphatic heterocycles. The molecule has 0 saturated carbocycles. The molecule has 1 rings (SSSR count). The standard InChI is InChI=1S/C13H18N2O4/c1-15(12(16)9-14-7-8-19-2)11-5-3-10(4-6-11)13(17)18/h3-6,14H,7-9H2,1-2H3,(H,17,18). The van der Waals surface area contributed by atoms with Crippen LogP contribution >= 0.6 is 0 Å². The Labute approximate surface area is 112 Å².